The van der Waals surface area contributed by atoms with Crippen molar-refractivity contribution in [1.82, 2.24) is 4.98 Å². The number of hydrogen-bond donors (Lipinski definition) is 1. The summed E-state index contributed by atoms with van der Waals surface area (Å²) in [5.41, 5.74) is 0.109. The fourth-order valence-electron chi connectivity index (χ4n) is 3.20. The molecule has 0 aliphatic carbocycles. The Kier molecular flexibility index (Phi) is 5.02. The van der Waals surface area contributed by atoms with Crippen LogP contribution in [0.5, 0.6) is 5.75 Å². The highest BCUT2D eigenvalue weighted by Crippen LogP contribution is 2.39. The maximum Gasteiger partial charge on any atom is 0.573 e. The lowest BCUT2D eigenvalue weighted by molar-refractivity contribution is -0.274. The summed E-state index contributed by atoms with van der Waals surface area (Å²) < 4.78 is 80.4. The van der Waals surface area contributed by atoms with Gasteiger partial charge in [0.15, 0.2) is 0 Å². The van der Waals surface area contributed by atoms with Crippen molar-refractivity contribution >= 4 is 22.6 Å². The number of carboxylic acid groups (broad SMARTS) is 1. The van der Waals surface area contributed by atoms with E-state index < -0.39 is 30.2 Å². The summed E-state index contributed by atoms with van der Waals surface area (Å²) in [5.74, 6) is -3.39. The molecular weight excluding hydrogens is 394 g/mol. The number of rotatable bonds is 3. The van der Waals surface area contributed by atoms with Crippen LogP contribution in [0.2, 0.25) is 0 Å². The van der Waals surface area contributed by atoms with Gasteiger partial charge in [-0.25, -0.2) is 4.79 Å². The Balaban J connectivity index is 2.01. The van der Waals surface area contributed by atoms with Crippen LogP contribution >= 0.6 is 0 Å². The fourth-order valence-corrected chi connectivity index (χ4v) is 3.20. The quantitative estimate of drug-likeness (QED) is 0.752. The molecule has 1 aromatic carbocycles. The molecule has 1 saturated heterocycles. The summed E-state index contributed by atoms with van der Waals surface area (Å²) in [6.45, 7) is -0.0613. The Morgan fingerprint density at radius 1 is 1.11 bits per heavy atom. The van der Waals surface area contributed by atoms with Crippen molar-refractivity contribution in [2.45, 2.75) is 25.4 Å². The molecule has 2 heterocycles. The lowest BCUT2D eigenvalue weighted by Gasteiger charge is -2.35. The summed E-state index contributed by atoms with van der Waals surface area (Å²) >= 11 is 0. The Labute approximate surface area is 154 Å². The number of alkyl halides is 6. The van der Waals surface area contributed by atoms with E-state index in [-0.39, 0.29) is 48.1 Å². The van der Waals surface area contributed by atoms with Gasteiger partial charge in [0.1, 0.15) is 5.75 Å². The molecule has 2 aromatic rings. The highest BCUT2D eigenvalue weighted by Gasteiger charge is 2.41. The summed E-state index contributed by atoms with van der Waals surface area (Å²) in [7, 11) is 0. The molecule has 1 aliphatic rings. The molecule has 5 nitrogen and oxygen atoms in total. The van der Waals surface area contributed by atoms with E-state index in [4.69, 9.17) is 5.11 Å². The minimum atomic E-state index is -4.98. The molecule has 0 saturated carbocycles. The third kappa shape index (κ3) is 4.39. The Bertz CT molecular complexity index is 889. The SMILES string of the molecule is O=C(O)c1cnc2c(N3CCC(C(F)(F)F)CC3)cc(OC(F)(F)F)cc2c1. The van der Waals surface area contributed by atoms with Crippen LogP contribution in [0.25, 0.3) is 10.9 Å². The van der Waals surface area contributed by atoms with Crippen molar-refractivity contribution in [3.63, 3.8) is 0 Å². The van der Waals surface area contributed by atoms with E-state index in [9.17, 15) is 31.1 Å². The molecule has 28 heavy (non-hydrogen) atoms. The molecule has 1 aromatic heterocycles. The number of aromatic nitrogens is 1. The van der Waals surface area contributed by atoms with Crippen LogP contribution < -0.4 is 9.64 Å². The maximum absolute atomic E-state index is 12.9. The molecule has 152 valence electrons. The summed E-state index contributed by atoms with van der Waals surface area (Å²) in [4.78, 5) is 16.6. The number of fused-ring (bicyclic) bond motifs is 1. The van der Waals surface area contributed by atoms with E-state index in [1.54, 1.807) is 0 Å². The van der Waals surface area contributed by atoms with Crippen molar-refractivity contribution in [2.75, 3.05) is 18.0 Å². The van der Waals surface area contributed by atoms with Crippen molar-refractivity contribution in [3.05, 3.63) is 30.0 Å². The van der Waals surface area contributed by atoms with Gasteiger partial charge in [0.05, 0.1) is 22.7 Å². The zero-order chi connectivity index (χ0) is 20.7. The number of hydrogen-bond acceptors (Lipinski definition) is 4. The average Bonchev–Trinajstić information content (AvgIpc) is 2.58. The topological polar surface area (TPSA) is 62.7 Å². The lowest BCUT2D eigenvalue weighted by atomic mass is 9.95. The van der Waals surface area contributed by atoms with E-state index in [0.29, 0.717) is 0 Å². The number of anilines is 1. The molecule has 0 bridgehead atoms. The number of ether oxygens (including phenoxy) is 1. The number of pyridine rings is 1. The number of piperidine rings is 1. The first-order valence-electron chi connectivity index (χ1n) is 8.18. The van der Waals surface area contributed by atoms with Gasteiger partial charge in [0.2, 0.25) is 0 Å². The molecule has 1 N–H and O–H groups in total. The highest BCUT2D eigenvalue weighted by molar-refractivity contribution is 5.97. The maximum atomic E-state index is 12.9. The predicted octanol–water partition coefficient (Wildman–Crippen LogP) is 4.61. The van der Waals surface area contributed by atoms with E-state index in [1.807, 2.05) is 0 Å². The first-order chi connectivity index (χ1) is 12.9. The van der Waals surface area contributed by atoms with Crippen molar-refractivity contribution < 1.29 is 41.0 Å². The van der Waals surface area contributed by atoms with E-state index in [1.165, 1.54) is 4.90 Å². The summed E-state index contributed by atoms with van der Waals surface area (Å²) in [6, 6.07) is 3.19. The normalized spacial score (nSPS) is 16.4. The highest BCUT2D eigenvalue weighted by atomic mass is 19.4. The molecule has 3 rings (SSSR count). The van der Waals surface area contributed by atoms with Gasteiger partial charge in [0, 0.05) is 30.7 Å². The van der Waals surface area contributed by atoms with Gasteiger partial charge in [0.25, 0.3) is 0 Å². The van der Waals surface area contributed by atoms with E-state index >= 15 is 0 Å². The Morgan fingerprint density at radius 2 is 1.75 bits per heavy atom. The Hall–Kier alpha value is -2.72. The third-order valence-electron chi connectivity index (χ3n) is 4.52. The number of carbonyl (C=O) groups is 1. The van der Waals surface area contributed by atoms with Crippen molar-refractivity contribution in [1.29, 1.82) is 0 Å². The first-order valence-corrected chi connectivity index (χ1v) is 8.18. The lowest BCUT2D eigenvalue weighted by Crippen LogP contribution is -2.39. The number of nitrogens with zero attached hydrogens (tertiary/aromatic N) is 2. The monoisotopic (exact) mass is 408 g/mol. The van der Waals surface area contributed by atoms with Crippen LogP contribution in [-0.4, -0.2) is 41.7 Å². The minimum absolute atomic E-state index is 0.0306. The largest absolute Gasteiger partial charge is 0.573 e. The van der Waals surface area contributed by atoms with Crippen LogP contribution in [0.4, 0.5) is 32.0 Å². The van der Waals surface area contributed by atoms with E-state index in [2.05, 4.69) is 9.72 Å². The Morgan fingerprint density at radius 3 is 2.29 bits per heavy atom. The number of carboxylic acids is 1. The summed E-state index contributed by atoms with van der Waals surface area (Å²) in [6.07, 6.45) is -8.68. The van der Waals surface area contributed by atoms with E-state index in [0.717, 1.165) is 24.4 Å². The zero-order valence-electron chi connectivity index (χ0n) is 14.1. The summed E-state index contributed by atoms with van der Waals surface area (Å²) in [5, 5.41) is 9.13. The minimum Gasteiger partial charge on any atom is -0.478 e. The molecule has 1 aliphatic heterocycles. The molecule has 0 atom stereocenters. The van der Waals surface area contributed by atoms with Crippen molar-refractivity contribution in [3.8, 4) is 5.75 Å². The van der Waals surface area contributed by atoms with Crippen LogP contribution in [0.15, 0.2) is 24.4 Å². The third-order valence-corrected chi connectivity index (χ3v) is 4.52. The van der Waals surface area contributed by atoms with Gasteiger partial charge in [-0.15, -0.1) is 13.2 Å². The second-order valence-electron chi connectivity index (χ2n) is 6.39. The zero-order valence-corrected chi connectivity index (χ0v) is 14.1. The average molecular weight is 408 g/mol. The molecule has 0 radical (unpaired) electrons. The first kappa shape index (κ1) is 20.0. The van der Waals surface area contributed by atoms with Crippen LogP contribution in [0.1, 0.15) is 23.2 Å². The molecule has 1 fully saturated rings. The molecular formula is C17H14F6N2O3. The number of aromatic carboxylic acids is 1. The number of halogens is 6. The van der Waals surface area contributed by atoms with Crippen molar-refractivity contribution in [2.24, 2.45) is 5.92 Å². The van der Waals surface area contributed by atoms with Crippen LogP contribution in [-0.2, 0) is 0 Å². The second kappa shape index (κ2) is 7.02. The molecule has 0 spiro atoms. The van der Waals surface area contributed by atoms with Gasteiger partial charge in [-0.1, -0.05) is 0 Å². The standard InChI is InChI=1S/C17H14F6N2O3/c18-16(19,20)11-1-3-25(4-2-11)13-7-12(28-17(21,22)23)6-9-5-10(15(26)27)8-24-14(9)13/h5-8,11H,1-4H2,(H,26,27). The van der Waals surface area contributed by atoms with Gasteiger partial charge < -0.3 is 14.7 Å². The number of benzene rings is 1. The second-order valence-corrected chi connectivity index (χ2v) is 6.39. The van der Waals surface area contributed by atoms with Crippen LogP contribution in [0, 0.1) is 5.92 Å². The fraction of sp³-hybridized carbons (Fsp3) is 0.412. The molecule has 0 amide bonds. The smallest absolute Gasteiger partial charge is 0.478 e. The predicted molar refractivity (Wildman–Crippen MR) is 86.4 cm³/mol. The van der Waals surface area contributed by atoms with Crippen LogP contribution in [0.3, 0.4) is 0 Å². The van der Waals surface area contributed by atoms with Gasteiger partial charge in [-0.2, -0.15) is 13.2 Å². The molecule has 11 heteroatoms. The van der Waals surface area contributed by atoms with Gasteiger partial charge >= 0.3 is 18.5 Å². The van der Waals surface area contributed by atoms with Gasteiger partial charge in [-0.3, -0.25) is 4.98 Å². The van der Waals surface area contributed by atoms with Gasteiger partial charge in [-0.05, 0) is 25.0 Å². The molecule has 0 unspecified atom stereocenters.